The number of aliphatic hydroxyl groups excluding tert-OH is 1. The number of likely N-dealkylation sites (tertiary alicyclic amines) is 1. The molecule has 3 rings (SSSR count). The van der Waals surface area contributed by atoms with E-state index >= 15 is 0 Å². The van der Waals surface area contributed by atoms with E-state index < -0.39 is 23.5 Å². The molecule has 1 fully saturated rings. The maximum atomic E-state index is 14.0. The van der Waals surface area contributed by atoms with Crippen LogP contribution >= 0.6 is 0 Å². The molecule has 0 unspecified atom stereocenters. The quantitative estimate of drug-likeness (QED) is 0.384. The number of rotatable bonds is 8. The minimum Gasteiger partial charge on any atom is -0.507 e. The topological polar surface area (TPSA) is 79.3 Å². The lowest BCUT2D eigenvalue weighted by atomic mass is 9.95. The van der Waals surface area contributed by atoms with Crippen molar-refractivity contribution in [1.82, 2.24) is 9.80 Å². The van der Waals surface area contributed by atoms with Crippen molar-refractivity contribution in [3.63, 3.8) is 0 Å². The van der Waals surface area contributed by atoms with E-state index in [2.05, 4.69) is 0 Å². The lowest BCUT2D eigenvalue weighted by Gasteiger charge is -2.26. The third kappa shape index (κ3) is 4.60. The minimum absolute atomic E-state index is 0.103. The highest BCUT2D eigenvalue weighted by atomic mass is 19.1. The van der Waals surface area contributed by atoms with Gasteiger partial charge in [0, 0.05) is 12.6 Å². The van der Waals surface area contributed by atoms with Crippen molar-refractivity contribution in [2.75, 3.05) is 41.4 Å². The van der Waals surface area contributed by atoms with Crippen molar-refractivity contribution < 1.29 is 28.6 Å². The lowest BCUT2D eigenvalue weighted by Crippen LogP contribution is -2.32. The van der Waals surface area contributed by atoms with Gasteiger partial charge in [-0.2, -0.15) is 0 Å². The van der Waals surface area contributed by atoms with Crippen molar-refractivity contribution >= 4 is 17.4 Å². The maximum absolute atomic E-state index is 14.0. The number of hydrogen-bond donors (Lipinski definition) is 1. The van der Waals surface area contributed by atoms with Gasteiger partial charge < -0.3 is 24.4 Å². The number of ether oxygens (including phenoxy) is 2. The van der Waals surface area contributed by atoms with Crippen LogP contribution in [0.15, 0.2) is 48.0 Å². The summed E-state index contributed by atoms with van der Waals surface area (Å²) < 4.78 is 24.6. The second kappa shape index (κ2) is 9.82. The average molecular weight is 442 g/mol. The number of nitrogens with zero attached hydrogens (tertiary/aromatic N) is 2. The number of carbonyl (C=O) groups is 2. The van der Waals surface area contributed by atoms with Crippen LogP contribution in [-0.4, -0.2) is 68.0 Å². The molecule has 1 aliphatic rings. The molecule has 0 aromatic heterocycles. The highest BCUT2D eigenvalue weighted by molar-refractivity contribution is 6.46. The van der Waals surface area contributed by atoms with Crippen molar-refractivity contribution in [3.05, 3.63) is 65.0 Å². The number of methoxy groups -OCH3 is 2. The number of aliphatic hydroxyl groups is 1. The fourth-order valence-electron chi connectivity index (χ4n) is 3.83. The molecule has 1 heterocycles. The standard InChI is InChI=1S/C24H27FN2O5/c1-26(2)11-6-12-27-21(15-7-5-8-16(25)13-15)20(23(29)24(27)30)22(28)18-10-9-17(31-3)14-19(18)32-4/h5,7-10,13-14,21,28H,6,11-12H2,1-4H3/b22-20+/t21-/m1/s1. The summed E-state index contributed by atoms with van der Waals surface area (Å²) in [5.41, 5.74) is 0.540. The van der Waals surface area contributed by atoms with Crippen LogP contribution in [0.3, 0.4) is 0 Å². The summed E-state index contributed by atoms with van der Waals surface area (Å²) >= 11 is 0. The molecule has 7 nitrogen and oxygen atoms in total. The first-order valence-corrected chi connectivity index (χ1v) is 10.2. The molecule has 8 heteroatoms. The Morgan fingerprint density at radius 1 is 1.12 bits per heavy atom. The van der Waals surface area contributed by atoms with Gasteiger partial charge in [-0.3, -0.25) is 9.59 Å². The van der Waals surface area contributed by atoms with Crippen LogP contribution in [0.2, 0.25) is 0 Å². The van der Waals surface area contributed by atoms with Gasteiger partial charge in [0.25, 0.3) is 11.7 Å². The third-order valence-corrected chi connectivity index (χ3v) is 5.37. The van der Waals surface area contributed by atoms with Crippen LogP contribution in [0.4, 0.5) is 4.39 Å². The minimum atomic E-state index is -0.917. The Morgan fingerprint density at radius 2 is 1.88 bits per heavy atom. The van der Waals surface area contributed by atoms with E-state index in [1.54, 1.807) is 24.3 Å². The van der Waals surface area contributed by atoms with E-state index in [-0.39, 0.29) is 29.2 Å². The van der Waals surface area contributed by atoms with E-state index in [4.69, 9.17) is 9.47 Å². The monoisotopic (exact) mass is 442 g/mol. The normalized spacial score (nSPS) is 17.8. The Bertz CT molecular complexity index is 1050. The first-order chi connectivity index (χ1) is 15.3. The van der Waals surface area contributed by atoms with Crippen LogP contribution in [0.25, 0.3) is 5.76 Å². The van der Waals surface area contributed by atoms with Crippen LogP contribution in [0, 0.1) is 5.82 Å². The van der Waals surface area contributed by atoms with E-state index in [1.807, 2.05) is 19.0 Å². The predicted molar refractivity (Wildman–Crippen MR) is 118 cm³/mol. The molecule has 0 bridgehead atoms. The van der Waals surface area contributed by atoms with Crippen LogP contribution in [0.1, 0.15) is 23.6 Å². The summed E-state index contributed by atoms with van der Waals surface area (Å²) in [6.07, 6.45) is 0.609. The zero-order valence-corrected chi connectivity index (χ0v) is 18.6. The van der Waals surface area contributed by atoms with E-state index in [0.29, 0.717) is 24.3 Å². The SMILES string of the molecule is COc1ccc(/C(O)=C2\C(=O)C(=O)N(CCCN(C)C)[C@@H]2c2cccc(F)c2)c(OC)c1. The molecular weight excluding hydrogens is 415 g/mol. The number of Topliss-reactive ketones (excluding diaryl/α,β-unsaturated/α-hetero) is 1. The number of amides is 1. The average Bonchev–Trinajstić information content (AvgIpc) is 3.03. The van der Waals surface area contributed by atoms with Gasteiger partial charge >= 0.3 is 0 Å². The second-order valence-electron chi connectivity index (χ2n) is 7.77. The number of hydrogen-bond acceptors (Lipinski definition) is 6. The molecule has 1 atom stereocenters. The highest BCUT2D eigenvalue weighted by Crippen LogP contribution is 2.41. The van der Waals surface area contributed by atoms with E-state index in [1.165, 1.54) is 37.3 Å². The smallest absolute Gasteiger partial charge is 0.295 e. The Kier molecular flexibility index (Phi) is 7.15. The molecule has 2 aromatic rings. The molecule has 1 amide bonds. The van der Waals surface area contributed by atoms with Gasteiger partial charge in [-0.1, -0.05) is 12.1 Å². The van der Waals surface area contributed by atoms with Gasteiger partial charge in [0.05, 0.1) is 31.4 Å². The van der Waals surface area contributed by atoms with Gasteiger partial charge in [-0.25, -0.2) is 4.39 Å². The zero-order chi connectivity index (χ0) is 23.4. The molecule has 0 saturated carbocycles. The second-order valence-corrected chi connectivity index (χ2v) is 7.77. The molecule has 0 aliphatic carbocycles. The van der Waals surface area contributed by atoms with Crippen molar-refractivity contribution in [2.45, 2.75) is 12.5 Å². The van der Waals surface area contributed by atoms with Gasteiger partial charge in [0.1, 0.15) is 23.1 Å². The zero-order valence-electron chi connectivity index (χ0n) is 18.6. The number of ketones is 1. The number of benzene rings is 2. The lowest BCUT2D eigenvalue weighted by molar-refractivity contribution is -0.139. The summed E-state index contributed by atoms with van der Waals surface area (Å²) in [5, 5.41) is 11.2. The van der Waals surface area contributed by atoms with Gasteiger partial charge in [0.2, 0.25) is 0 Å². The third-order valence-electron chi connectivity index (χ3n) is 5.37. The van der Waals surface area contributed by atoms with E-state index in [0.717, 1.165) is 0 Å². The first-order valence-electron chi connectivity index (χ1n) is 10.2. The van der Waals surface area contributed by atoms with Crippen molar-refractivity contribution in [2.24, 2.45) is 0 Å². The molecule has 2 aromatic carbocycles. The molecule has 170 valence electrons. The van der Waals surface area contributed by atoms with Crippen LogP contribution < -0.4 is 9.47 Å². The van der Waals surface area contributed by atoms with Crippen molar-refractivity contribution in [1.29, 1.82) is 0 Å². The largest absolute Gasteiger partial charge is 0.507 e. The summed E-state index contributed by atoms with van der Waals surface area (Å²) in [6.45, 7) is 0.978. The summed E-state index contributed by atoms with van der Waals surface area (Å²) in [4.78, 5) is 29.3. The maximum Gasteiger partial charge on any atom is 0.295 e. The first kappa shape index (κ1) is 23.3. The fourth-order valence-corrected chi connectivity index (χ4v) is 3.83. The summed E-state index contributed by atoms with van der Waals surface area (Å²) in [7, 11) is 6.75. The van der Waals surface area contributed by atoms with Gasteiger partial charge in [0.15, 0.2) is 0 Å². The molecule has 0 spiro atoms. The van der Waals surface area contributed by atoms with Crippen molar-refractivity contribution in [3.8, 4) is 11.5 Å². The summed E-state index contributed by atoms with van der Waals surface area (Å²) in [5.74, 6) is -1.65. The Morgan fingerprint density at radius 3 is 2.50 bits per heavy atom. The molecular formula is C24H27FN2O5. The Labute approximate surface area is 186 Å². The highest BCUT2D eigenvalue weighted by Gasteiger charge is 2.46. The Balaban J connectivity index is 2.15. The molecule has 1 N–H and O–H groups in total. The van der Waals surface area contributed by atoms with Crippen LogP contribution in [0.5, 0.6) is 11.5 Å². The summed E-state index contributed by atoms with van der Waals surface area (Å²) in [6, 6.07) is 9.52. The molecule has 0 radical (unpaired) electrons. The number of carbonyl (C=O) groups excluding carboxylic acids is 2. The van der Waals surface area contributed by atoms with Crippen LogP contribution in [-0.2, 0) is 9.59 Å². The molecule has 32 heavy (non-hydrogen) atoms. The molecule has 1 aliphatic heterocycles. The predicted octanol–water partition coefficient (Wildman–Crippen LogP) is 3.22. The van der Waals surface area contributed by atoms with Gasteiger partial charge in [-0.05, 0) is 56.9 Å². The molecule has 1 saturated heterocycles. The van der Waals surface area contributed by atoms with Gasteiger partial charge in [-0.15, -0.1) is 0 Å². The Hall–Kier alpha value is -3.39. The fraction of sp³-hybridized carbons (Fsp3) is 0.333. The number of halogens is 1. The van der Waals surface area contributed by atoms with E-state index in [9.17, 15) is 19.1 Å².